The number of methoxy groups -OCH3 is 1. The summed E-state index contributed by atoms with van der Waals surface area (Å²) in [5.74, 6) is 8.43. The van der Waals surface area contributed by atoms with Gasteiger partial charge >= 0.3 is 11.9 Å². The molecule has 1 saturated heterocycles. The molecule has 10 atom stereocenters. The van der Waals surface area contributed by atoms with Crippen LogP contribution >= 0.6 is 0 Å². The Morgan fingerprint density at radius 3 is 2.41 bits per heavy atom. The highest BCUT2D eigenvalue weighted by Crippen LogP contribution is 2.67. The maximum absolute atomic E-state index is 12.0. The smallest absolute Gasteiger partial charge is 0.305 e. The predicted octanol–water partition coefficient (Wildman–Crippen LogP) is 7.36. The molecule has 1 aliphatic heterocycles. The molecule has 4 aliphatic carbocycles. The van der Waals surface area contributed by atoms with E-state index in [1.54, 1.807) is 19.6 Å². The maximum atomic E-state index is 12.0. The van der Waals surface area contributed by atoms with Gasteiger partial charge in [0.2, 0.25) is 5.60 Å². The van der Waals surface area contributed by atoms with E-state index in [-0.39, 0.29) is 17.4 Å². The van der Waals surface area contributed by atoms with Crippen molar-refractivity contribution in [1.29, 1.82) is 0 Å². The van der Waals surface area contributed by atoms with Gasteiger partial charge in [0.05, 0.1) is 0 Å². The van der Waals surface area contributed by atoms with Gasteiger partial charge in [-0.25, -0.2) is 0 Å². The fraction of sp³-hybridized carbons (Fsp3) is 0.838. The van der Waals surface area contributed by atoms with Crippen molar-refractivity contribution >= 4 is 11.9 Å². The molecule has 44 heavy (non-hydrogen) atoms. The number of ether oxygens (including phenoxy) is 5. The molecule has 5 aliphatic rings. The minimum absolute atomic E-state index is 0.190. The van der Waals surface area contributed by atoms with Crippen LogP contribution in [0, 0.1) is 52.3 Å². The lowest BCUT2D eigenvalue weighted by molar-refractivity contribution is -0.270. The number of esters is 2. The molecular formula is C37H56O7. The van der Waals surface area contributed by atoms with Crippen molar-refractivity contribution in [1.82, 2.24) is 0 Å². The number of rotatable bonds is 8. The molecule has 3 unspecified atom stereocenters. The molecule has 0 aromatic heterocycles. The normalized spacial score (nSPS) is 37.5. The van der Waals surface area contributed by atoms with Crippen molar-refractivity contribution in [3.8, 4) is 11.8 Å². The SMILES string of the molecule is COC(C#CC(C)(OC1CCCCO1)C(OC(C)=O)OC(C)=O)[C@@H](C)[C@H]1CC[C@H]2[C@@H]3CC=C4CCCC[C@]4(C)[C@H]3CC[C@]12C. The van der Waals surface area contributed by atoms with Gasteiger partial charge in [0.15, 0.2) is 6.29 Å². The van der Waals surface area contributed by atoms with E-state index in [1.165, 1.54) is 71.6 Å². The zero-order valence-electron chi connectivity index (χ0n) is 28.2. The lowest BCUT2D eigenvalue weighted by atomic mass is 9.47. The van der Waals surface area contributed by atoms with Crippen LogP contribution in [0.2, 0.25) is 0 Å². The predicted molar refractivity (Wildman–Crippen MR) is 168 cm³/mol. The second-order valence-electron chi connectivity index (χ2n) is 15.1. The van der Waals surface area contributed by atoms with E-state index in [9.17, 15) is 9.59 Å². The minimum atomic E-state index is -1.43. The van der Waals surface area contributed by atoms with E-state index in [2.05, 4.69) is 38.7 Å². The summed E-state index contributed by atoms with van der Waals surface area (Å²) < 4.78 is 29.2. The summed E-state index contributed by atoms with van der Waals surface area (Å²) in [6.45, 7) is 12.3. The van der Waals surface area contributed by atoms with Crippen molar-refractivity contribution in [3.63, 3.8) is 0 Å². The molecule has 0 aromatic carbocycles. The Morgan fingerprint density at radius 1 is 1.00 bits per heavy atom. The topological polar surface area (TPSA) is 80.3 Å². The van der Waals surface area contributed by atoms with E-state index in [0.29, 0.717) is 24.4 Å². The van der Waals surface area contributed by atoms with E-state index >= 15 is 0 Å². The lowest BCUT2D eigenvalue weighted by Crippen LogP contribution is -2.50. The monoisotopic (exact) mass is 612 g/mol. The lowest BCUT2D eigenvalue weighted by Gasteiger charge is -2.58. The zero-order valence-corrected chi connectivity index (χ0v) is 28.2. The molecule has 5 rings (SSSR count). The summed E-state index contributed by atoms with van der Waals surface area (Å²) in [4.78, 5) is 24.1. The Labute approximate surface area is 265 Å². The molecule has 4 fully saturated rings. The van der Waals surface area contributed by atoms with Crippen molar-refractivity contribution in [2.24, 2.45) is 40.4 Å². The fourth-order valence-corrected chi connectivity index (χ4v) is 10.2. The second kappa shape index (κ2) is 13.5. The molecule has 0 spiro atoms. The van der Waals surface area contributed by atoms with Crippen LogP contribution in [0.25, 0.3) is 0 Å². The number of carbonyl (C=O) groups is 2. The van der Waals surface area contributed by atoms with Gasteiger partial charge < -0.3 is 23.7 Å². The molecule has 3 saturated carbocycles. The third-order valence-corrected chi connectivity index (χ3v) is 12.4. The molecule has 1 heterocycles. The van der Waals surface area contributed by atoms with E-state index in [1.807, 2.05) is 0 Å². The standard InChI is InChI=1S/C37H56O7/c1-24(29-16-17-30-28-15-14-27-12-8-10-20-35(27,4)31(28)18-21-36(29,30)5)32(40-7)19-22-37(6,44-33-13-9-11-23-41-33)34(42-25(2)38)43-26(3)39/h14,24,28-34H,8-13,15-18,20-21,23H2,1-7H3/t24-,28-,29+,30-,31-,32?,33?,35-,36+,37?/m0/s1. The minimum Gasteiger partial charge on any atom is -0.421 e. The van der Waals surface area contributed by atoms with Crippen LogP contribution in [-0.2, 0) is 33.3 Å². The Balaban J connectivity index is 1.38. The fourth-order valence-electron chi connectivity index (χ4n) is 10.2. The highest BCUT2D eigenvalue weighted by Gasteiger charge is 2.59. The van der Waals surface area contributed by atoms with Gasteiger partial charge in [-0.1, -0.05) is 50.7 Å². The van der Waals surface area contributed by atoms with Crippen LogP contribution in [0.3, 0.4) is 0 Å². The van der Waals surface area contributed by atoms with Crippen LogP contribution in [0.15, 0.2) is 11.6 Å². The maximum Gasteiger partial charge on any atom is 0.305 e. The molecule has 0 N–H and O–H groups in total. The molecule has 0 amide bonds. The number of fused-ring (bicyclic) bond motifs is 5. The second-order valence-corrected chi connectivity index (χ2v) is 15.1. The van der Waals surface area contributed by atoms with Gasteiger partial charge in [-0.05, 0) is 118 Å². The average Bonchev–Trinajstić information content (AvgIpc) is 3.34. The van der Waals surface area contributed by atoms with Crippen molar-refractivity contribution < 1.29 is 33.3 Å². The van der Waals surface area contributed by atoms with Crippen LogP contribution in [0.5, 0.6) is 0 Å². The van der Waals surface area contributed by atoms with Gasteiger partial charge in [0, 0.05) is 27.6 Å². The first-order valence-electron chi connectivity index (χ1n) is 17.3. The van der Waals surface area contributed by atoms with Gasteiger partial charge in [0.25, 0.3) is 6.29 Å². The van der Waals surface area contributed by atoms with E-state index in [0.717, 1.165) is 30.6 Å². The first-order valence-corrected chi connectivity index (χ1v) is 17.3. The number of hydrogen-bond donors (Lipinski definition) is 0. The van der Waals surface area contributed by atoms with Gasteiger partial charge in [-0.3, -0.25) is 9.59 Å². The highest BCUT2D eigenvalue weighted by molar-refractivity contribution is 5.68. The molecule has 246 valence electrons. The zero-order chi connectivity index (χ0) is 31.7. The van der Waals surface area contributed by atoms with Gasteiger partial charge in [-0.15, -0.1) is 0 Å². The van der Waals surface area contributed by atoms with Crippen LogP contribution in [0.1, 0.15) is 119 Å². The Hall–Kier alpha value is -1.88. The summed E-state index contributed by atoms with van der Waals surface area (Å²) >= 11 is 0. The summed E-state index contributed by atoms with van der Waals surface area (Å²) in [6.07, 6.45) is 14.7. The Kier molecular flexibility index (Phi) is 10.2. The number of carbonyl (C=O) groups excluding carboxylic acids is 2. The molecule has 0 aromatic rings. The highest BCUT2D eigenvalue weighted by atomic mass is 16.8. The third kappa shape index (κ3) is 6.51. The average molecular weight is 613 g/mol. The van der Waals surface area contributed by atoms with Crippen LogP contribution in [0.4, 0.5) is 0 Å². The Morgan fingerprint density at radius 2 is 1.75 bits per heavy atom. The first-order chi connectivity index (χ1) is 20.9. The Bertz CT molecular complexity index is 1130. The van der Waals surface area contributed by atoms with E-state index < -0.39 is 30.1 Å². The summed E-state index contributed by atoms with van der Waals surface area (Å²) in [7, 11) is 1.72. The van der Waals surface area contributed by atoms with Gasteiger partial charge in [-0.2, -0.15) is 0 Å². The molecular weight excluding hydrogens is 556 g/mol. The third-order valence-electron chi connectivity index (χ3n) is 12.4. The summed E-state index contributed by atoms with van der Waals surface area (Å²) in [6, 6.07) is 0. The molecule has 7 heteroatoms. The summed E-state index contributed by atoms with van der Waals surface area (Å²) in [5.41, 5.74) is 0.983. The van der Waals surface area contributed by atoms with Crippen LogP contribution < -0.4 is 0 Å². The molecule has 0 bridgehead atoms. The van der Waals surface area contributed by atoms with E-state index in [4.69, 9.17) is 23.7 Å². The van der Waals surface area contributed by atoms with Crippen LogP contribution in [-0.4, -0.2) is 49.9 Å². The number of hydrogen-bond acceptors (Lipinski definition) is 7. The van der Waals surface area contributed by atoms with Crippen molar-refractivity contribution in [2.75, 3.05) is 13.7 Å². The summed E-state index contributed by atoms with van der Waals surface area (Å²) in [5, 5.41) is 0. The van der Waals surface area contributed by atoms with Gasteiger partial charge in [0.1, 0.15) is 6.10 Å². The largest absolute Gasteiger partial charge is 0.421 e. The van der Waals surface area contributed by atoms with Crippen molar-refractivity contribution in [3.05, 3.63) is 11.6 Å². The van der Waals surface area contributed by atoms with Crippen molar-refractivity contribution in [2.45, 2.75) is 143 Å². The first kappa shape index (κ1) is 33.5. The number of allylic oxidation sites excluding steroid dienone is 2. The molecule has 0 radical (unpaired) electrons. The quantitative estimate of drug-likeness (QED) is 0.123. The molecule has 7 nitrogen and oxygen atoms in total.